The first-order valence-corrected chi connectivity index (χ1v) is 11.8. The predicted molar refractivity (Wildman–Crippen MR) is 130 cm³/mol. The monoisotopic (exact) mass is 476 g/mol. The highest BCUT2D eigenvalue weighted by Crippen LogP contribution is 2.25. The van der Waals surface area contributed by atoms with Crippen LogP contribution >= 0.6 is 11.3 Å². The molecule has 0 bridgehead atoms. The topological polar surface area (TPSA) is 101 Å². The Morgan fingerprint density at radius 2 is 1.79 bits per heavy atom. The smallest absolute Gasteiger partial charge is 0.306 e. The first kappa shape index (κ1) is 23.3. The molecular weight excluding hydrogens is 452 g/mol. The Kier molecular flexibility index (Phi) is 7.44. The van der Waals surface area contributed by atoms with Crippen molar-refractivity contribution in [1.82, 2.24) is 9.99 Å². The van der Waals surface area contributed by atoms with Gasteiger partial charge in [0.25, 0.3) is 5.91 Å². The number of aromatic nitrogens is 1. The molecule has 0 atom stereocenters. The maximum absolute atomic E-state index is 12.4. The number of ether oxygens (including phenoxy) is 1. The van der Waals surface area contributed by atoms with E-state index >= 15 is 0 Å². The van der Waals surface area contributed by atoms with Gasteiger partial charge in [-0.05, 0) is 12.5 Å². The molecule has 4 rings (SSSR count). The predicted octanol–water partition coefficient (Wildman–Crippen LogP) is 4.02. The minimum absolute atomic E-state index is 0.0294. The maximum Gasteiger partial charge on any atom is 0.306 e. The van der Waals surface area contributed by atoms with Crippen LogP contribution in [-0.4, -0.2) is 46.6 Å². The summed E-state index contributed by atoms with van der Waals surface area (Å²) in [5, 5.41) is 10.6. The molecule has 34 heavy (non-hydrogen) atoms. The number of benzene rings is 2. The normalized spacial score (nSPS) is 12.9. The third kappa shape index (κ3) is 6.14. The second-order valence-electron chi connectivity index (χ2n) is 7.79. The summed E-state index contributed by atoms with van der Waals surface area (Å²) < 4.78 is 5.00. The molecule has 0 spiro atoms. The summed E-state index contributed by atoms with van der Waals surface area (Å²) >= 11 is 1.29. The number of nitrogens with zero attached hydrogens (tertiary/aromatic N) is 3. The van der Waals surface area contributed by atoms with Gasteiger partial charge in [0.05, 0.1) is 24.4 Å². The Labute approximate surface area is 201 Å². The molecule has 1 N–H and O–H groups in total. The average Bonchev–Trinajstić information content (AvgIpc) is 3.53. The van der Waals surface area contributed by atoms with Crippen LogP contribution in [0.1, 0.15) is 30.4 Å². The summed E-state index contributed by atoms with van der Waals surface area (Å²) in [6.07, 6.45) is 0.523. The first-order valence-electron chi connectivity index (χ1n) is 10.9. The number of rotatable bonds is 8. The van der Waals surface area contributed by atoms with Crippen molar-refractivity contribution >= 4 is 40.0 Å². The van der Waals surface area contributed by atoms with E-state index in [1.54, 1.807) is 0 Å². The highest BCUT2D eigenvalue weighted by atomic mass is 32.1. The van der Waals surface area contributed by atoms with Crippen LogP contribution in [-0.2, 0) is 19.1 Å². The molecule has 9 heteroatoms. The molecule has 0 unspecified atom stereocenters. The lowest BCUT2D eigenvalue weighted by Gasteiger charge is -2.11. The number of esters is 1. The molecule has 2 heterocycles. The Balaban J connectivity index is 1.19. The van der Waals surface area contributed by atoms with Crippen molar-refractivity contribution in [3.63, 3.8) is 0 Å². The van der Waals surface area contributed by atoms with Crippen LogP contribution in [0.25, 0.3) is 11.3 Å². The molecule has 1 aromatic heterocycles. The minimum Gasteiger partial charge on any atom is -0.456 e. The molecule has 8 nitrogen and oxygen atoms in total. The second kappa shape index (κ2) is 10.8. The molecule has 174 valence electrons. The summed E-state index contributed by atoms with van der Waals surface area (Å²) in [6, 6.07) is 17.6. The Morgan fingerprint density at radius 3 is 2.56 bits per heavy atom. The highest BCUT2D eigenvalue weighted by molar-refractivity contribution is 7.14. The number of amides is 2. The Bertz CT molecular complexity index is 1210. The molecule has 2 amide bonds. The van der Waals surface area contributed by atoms with E-state index in [1.807, 2.05) is 66.9 Å². The fraction of sp³-hybridized carbons (Fsp3) is 0.240. The van der Waals surface area contributed by atoms with E-state index in [0.717, 1.165) is 28.1 Å². The third-order valence-electron chi connectivity index (χ3n) is 5.20. The van der Waals surface area contributed by atoms with Crippen molar-refractivity contribution in [2.75, 3.05) is 18.5 Å². The quantitative estimate of drug-likeness (QED) is 0.495. The van der Waals surface area contributed by atoms with Crippen LogP contribution in [0, 0.1) is 6.92 Å². The van der Waals surface area contributed by atoms with Crippen molar-refractivity contribution in [2.24, 2.45) is 5.10 Å². The number of hydrogen-bond donors (Lipinski definition) is 1. The summed E-state index contributed by atoms with van der Waals surface area (Å²) in [7, 11) is 0. The number of anilines is 1. The number of carbonyl (C=O) groups excluding carboxylic acids is 3. The molecule has 0 saturated carbocycles. The first-order chi connectivity index (χ1) is 16.5. The Hall–Kier alpha value is -3.85. The van der Waals surface area contributed by atoms with Gasteiger partial charge in [-0.15, -0.1) is 11.3 Å². The molecular formula is C25H24N4O4S. The van der Waals surface area contributed by atoms with Crippen LogP contribution in [0.4, 0.5) is 5.13 Å². The van der Waals surface area contributed by atoms with Gasteiger partial charge >= 0.3 is 5.97 Å². The van der Waals surface area contributed by atoms with Crippen LogP contribution in [0.3, 0.4) is 0 Å². The molecule has 3 aromatic rings. The van der Waals surface area contributed by atoms with E-state index in [9.17, 15) is 14.4 Å². The molecule has 0 aliphatic carbocycles. The minimum atomic E-state index is -0.616. The molecule has 2 aromatic carbocycles. The molecule has 0 fully saturated rings. The number of nitrogens with one attached hydrogen (secondary N) is 1. The van der Waals surface area contributed by atoms with Gasteiger partial charge in [-0.3, -0.25) is 19.7 Å². The van der Waals surface area contributed by atoms with Crippen LogP contribution in [0.5, 0.6) is 0 Å². The van der Waals surface area contributed by atoms with Gasteiger partial charge < -0.3 is 4.74 Å². The molecule has 0 radical (unpaired) electrons. The molecule has 0 saturated heterocycles. The van der Waals surface area contributed by atoms with Gasteiger partial charge in [0, 0.05) is 23.8 Å². The fourth-order valence-corrected chi connectivity index (χ4v) is 4.11. The highest BCUT2D eigenvalue weighted by Gasteiger charge is 2.22. The average molecular weight is 477 g/mol. The summed E-state index contributed by atoms with van der Waals surface area (Å²) in [5.74, 6) is -1.35. The summed E-state index contributed by atoms with van der Waals surface area (Å²) in [5.41, 5.74) is 4.70. The summed E-state index contributed by atoms with van der Waals surface area (Å²) in [6.45, 7) is 2.06. The van der Waals surface area contributed by atoms with E-state index in [2.05, 4.69) is 15.4 Å². The lowest BCUT2D eigenvalue weighted by molar-refractivity contribution is -0.148. The number of hydrogen-bond acceptors (Lipinski definition) is 7. The maximum atomic E-state index is 12.4. The van der Waals surface area contributed by atoms with Gasteiger partial charge in [0.1, 0.15) is 0 Å². The Morgan fingerprint density at radius 1 is 1.03 bits per heavy atom. The van der Waals surface area contributed by atoms with Gasteiger partial charge in [-0.25, -0.2) is 9.99 Å². The van der Waals surface area contributed by atoms with Gasteiger partial charge in [0.15, 0.2) is 11.7 Å². The van der Waals surface area contributed by atoms with E-state index in [0.29, 0.717) is 18.1 Å². The molecule has 1 aliphatic rings. The SMILES string of the molecule is Cc1ccc(-c2csc(NC(=O)COC(=O)CCC(=O)N3CCC(c4ccccc4)=N3)n2)cc1. The van der Waals surface area contributed by atoms with Crippen molar-refractivity contribution in [3.05, 3.63) is 71.1 Å². The lowest BCUT2D eigenvalue weighted by atomic mass is 10.1. The number of aryl methyl sites for hydroxylation is 1. The molecule has 1 aliphatic heterocycles. The summed E-state index contributed by atoms with van der Waals surface area (Å²) in [4.78, 5) is 40.9. The number of thiazole rings is 1. The van der Waals surface area contributed by atoms with Crippen LogP contribution in [0.2, 0.25) is 0 Å². The van der Waals surface area contributed by atoms with E-state index in [-0.39, 0.29) is 18.7 Å². The fourth-order valence-electron chi connectivity index (χ4n) is 3.37. The number of hydrazone groups is 1. The van der Waals surface area contributed by atoms with E-state index in [1.165, 1.54) is 16.3 Å². The second-order valence-corrected chi connectivity index (χ2v) is 8.65. The van der Waals surface area contributed by atoms with E-state index in [4.69, 9.17) is 4.74 Å². The number of carbonyl (C=O) groups is 3. The van der Waals surface area contributed by atoms with Crippen LogP contribution < -0.4 is 5.32 Å². The lowest BCUT2D eigenvalue weighted by Crippen LogP contribution is -2.25. The van der Waals surface area contributed by atoms with Crippen molar-refractivity contribution in [1.29, 1.82) is 0 Å². The van der Waals surface area contributed by atoms with Gasteiger partial charge in [-0.2, -0.15) is 5.10 Å². The van der Waals surface area contributed by atoms with Crippen LogP contribution in [0.15, 0.2) is 65.1 Å². The standard InChI is InChI=1S/C25H24N4O4S/c1-17-7-9-19(10-8-17)21-16-34-25(26-21)27-22(30)15-33-24(32)12-11-23(31)29-14-13-20(28-29)18-5-3-2-4-6-18/h2-10,16H,11-15H2,1H3,(H,26,27,30). The third-order valence-corrected chi connectivity index (χ3v) is 5.96. The zero-order valence-corrected chi connectivity index (χ0v) is 19.5. The van der Waals surface area contributed by atoms with Crippen molar-refractivity contribution in [2.45, 2.75) is 26.2 Å². The zero-order chi connectivity index (χ0) is 23.9. The van der Waals surface area contributed by atoms with Crippen molar-refractivity contribution in [3.8, 4) is 11.3 Å². The van der Waals surface area contributed by atoms with Gasteiger partial charge in [0.2, 0.25) is 5.91 Å². The van der Waals surface area contributed by atoms with Gasteiger partial charge in [-0.1, -0.05) is 60.2 Å². The van der Waals surface area contributed by atoms with Crippen molar-refractivity contribution < 1.29 is 19.1 Å². The largest absolute Gasteiger partial charge is 0.456 e. The van der Waals surface area contributed by atoms with E-state index < -0.39 is 18.5 Å². The zero-order valence-electron chi connectivity index (χ0n) is 18.7.